The topological polar surface area (TPSA) is 46.1 Å². The van der Waals surface area contributed by atoms with Crippen LogP contribution < -0.4 is 10.1 Å². The van der Waals surface area contributed by atoms with E-state index in [0.717, 1.165) is 49.8 Å². The fraction of sp³-hybridized carbons (Fsp3) is 0.526. The van der Waals surface area contributed by atoms with Gasteiger partial charge in [-0.1, -0.05) is 30.9 Å². The van der Waals surface area contributed by atoms with Gasteiger partial charge in [0.15, 0.2) is 5.96 Å². The summed E-state index contributed by atoms with van der Waals surface area (Å²) in [4.78, 5) is 6.72. The summed E-state index contributed by atoms with van der Waals surface area (Å²) in [5, 5.41) is 3.45. The summed E-state index contributed by atoms with van der Waals surface area (Å²) in [6, 6.07) is 8.06. The Kier molecular flexibility index (Phi) is 10.6. The van der Waals surface area contributed by atoms with Crippen LogP contribution in [0.1, 0.15) is 25.3 Å². The molecule has 1 N–H and O–H groups in total. The summed E-state index contributed by atoms with van der Waals surface area (Å²) >= 11 is 0. The number of likely N-dealkylation sites (tertiary alicyclic amines) is 1. The Hall–Kier alpha value is -1.28. The number of piperidine rings is 1. The molecule has 1 aliphatic heterocycles. The highest BCUT2D eigenvalue weighted by Crippen LogP contribution is 2.18. The quantitative estimate of drug-likeness (QED) is 0.294. The van der Waals surface area contributed by atoms with Crippen LogP contribution in [0.15, 0.2) is 41.9 Å². The summed E-state index contributed by atoms with van der Waals surface area (Å²) in [5.41, 5.74) is 1.12. The number of nitrogens with zero attached hydrogens (tertiary/aromatic N) is 2. The van der Waals surface area contributed by atoms with E-state index in [1.807, 2.05) is 25.2 Å². The molecule has 0 aromatic heterocycles. The van der Waals surface area contributed by atoms with E-state index in [4.69, 9.17) is 9.47 Å². The average molecular weight is 459 g/mol. The summed E-state index contributed by atoms with van der Waals surface area (Å²) < 4.78 is 11.4. The number of para-hydroxylation sites is 1. The first-order valence-corrected chi connectivity index (χ1v) is 8.67. The maximum Gasteiger partial charge on any atom is 0.193 e. The summed E-state index contributed by atoms with van der Waals surface area (Å²) in [6.07, 6.45) is 4.24. The molecule has 6 heteroatoms. The van der Waals surface area contributed by atoms with Gasteiger partial charge in [-0.05, 0) is 25.8 Å². The number of halogens is 1. The van der Waals surface area contributed by atoms with E-state index in [0.29, 0.717) is 19.3 Å². The minimum atomic E-state index is 0. The highest BCUT2D eigenvalue weighted by atomic mass is 127. The first-order valence-electron chi connectivity index (χ1n) is 8.67. The standard InChI is InChI=1S/C19H29N3O2.HI/c1-4-14-24-18-9-7-6-8-16(18)15-21-19(20-3)22-12-10-17(11-13-22)23-5-2;/h4,6-9,17H,1,5,10-15H2,2-3H3,(H,20,21);1H. The van der Waals surface area contributed by atoms with Crippen LogP contribution in [0.2, 0.25) is 0 Å². The van der Waals surface area contributed by atoms with Gasteiger partial charge in [-0.25, -0.2) is 0 Å². The Morgan fingerprint density at radius 2 is 2.08 bits per heavy atom. The van der Waals surface area contributed by atoms with Gasteiger partial charge in [0.05, 0.1) is 6.10 Å². The lowest BCUT2D eigenvalue weighted by Gasteiger charge is -2.34. The Balaban J connectivity index is 0.00000312. The summed E-state index contributed by atoms with van der Waals surface area (Å²) in [5.74, 6) is 1.82. The van der Waals surface area contributed by atoms with Gasteiger partial charge in [-0.2, -0.15) is 0 Å². The van der Waals surface area contributed by atoms with Crippen LogP contribution >= 0.6 is 24.0 Å². The predicted octanol–water partition coefficient (Wildman–Crippen LogP) is 3.45. The molecule has 0 saturated carbocycles. The number of benzene rings is 1. The maximum absolute atomic E-state index is 5.72. The molecule has 1 fully saturated rings. The second-order valence-electron chi connectivity index (χ2n) is 5.75. The fourth-order valence-electron chi connectivity index (χ4n) is 2.92. The molecule has 1 saturated heterocycles. The third kappa shape index (κ3) is 6.86. The first kappa shape index (κ1) is 21.8. The van der Waals surface area contributed by atoms with E-state index >= 15 is 0 Å². The SMILES string of the molecule is C=CCOc1ccccc1CNC(=NC)N1CCC(OCC)CC1.I. The Labute approximate surface area is 168 Å². The van der Waals surface area contributed by atoms with Crippen LogP contribution in [0.4, 0.5) is 0 Å². The normalized spacial score (nSPS) is 15.4. The lowest BCUT2D eigenvalue weighted by Crippen LogP contribution is -2.46. The van der Waals surface area contributed by atoms with Crippen molar-refractivity contribution in [2.24, 2.45) is 4.99 Å². The number of hydrogen-bond donors (Lipinski definition) is 1. The molecule has 0 spiro atoms. The zero-order chi connectivity index (χ0) is 17.2. The first-order chi connectivity index (χ1) is 11.8. The molecule has 0 bridgehead atoms. The van der Waals surface area contributed by atoms with Crippen molar-refractivity contribution in [2.75, 3.05) is 33.4 Å². The number of ether oxygens (including phenoxy) is 2. The molecular formula is C19H30IN3O2. The monoisotopic (exact) mass is 459 g/mol. The van der Waals surface area contributed by atoms with Crippen molar-refractivity contribution in [3.05, 3.63) is 42.5 Å². The molecule has 0 radical (unpaired) electrons. The molecule has 140 valence electrons. The minimum absolute atomic E-state index is 0. The van der Waals surface area contributed by atoms with Gasteiger partial charge in [0.25, 0.3) is 0 Å². The molecule has 0 amide bonds. The molecule has 25 heavy (non-hydrogen) atoms. The van der Waals surface area contributed by atoms with Crippen LogP contribution in [0.3, 0.4) is 0 Å². The molecule has 1 aromatic carbocycles. The van der Waals surface area contributed by atoms with Crippen LogP contribution in [0.25, 0.3) is 0 Å². The Morgan fingerprint density at radius 3 is 2.72 bits per heavy atom. The summed E-state index contributed by atoms with van der Waals surface area (Å²) in [6.45, 7) is 9.68. The van der Waals surface area contributed by atoms with Crippen molar-refractivity contribution in [1.29, 1.82) is 0 Å². The minimum Gasteiger partial charge on any atom is -0.489 e. The van der Waals surface area contributed by atoms with E-state index in [2.05, 4.69) is 34.8 Å². The number of guanidine groups is 1. The van der Waals surface area contributed by atoms with Gasteiger partial charge in [0.2, 0.25) is 0 Å². The van der Waals surface area contributed by atoms with Crippen molar-refractivity contribution in [3.8, 4) is 5.75 Å². The third-order valence-corrected chi connectivity index (χ3v) is 4.12. The van der Waals surface area contributed by atoms with E-state index in [-0.39, 0.29) is 24.0 Å². The molecule has 0 unspecified atom stereocenters. The zero-order valence-corrected chi connectivity index (χ0v) is 17.6. The Bertz CT molecular complexity index is 543. The van der Waals surface area contributed by atoms with Crippen molar-refractivity contribution in [2.45, 2.75) is 32.4 Å². The highest BCUT2D eigenvalue weighted by molar-refractivity contribution is 14.0. The van der Waals surface area contributed by atoms with Crippen molar-refractivity contribution in [1.82, 2.24) is 10.2 Å². The van der Waals surface area contributed by atoms with E-state index in [9.17, 15) is 0 Å². The second-order valence-corrected chi connectivity index (χ2v) is 5.75. The molecule has 5 nitrogen and oxygen atoms in total. The average Bonchev–Trinajstić information content (AvgIpc) is 2.63. The Morgan fingerprint density at radius 1 is 1.36 bits per heavy atom. The van der Waals surface area contributed by atoms with Crippen LogP contribution in [0, 0.1) is 0 Å². The number of hydrogen-bond acceptors (Lipinski definition) is 3. The van der Waals surface area contributed by atoms with Crippen molar-refractivity contribution in [3.63, 3.8) is 0 Å². The fourth-order valence-corrected chi connectivity index (χ4v) is 2.92. The molecule has 0 aliphatic carbocycles. The molecule has 1 aliphatic rings. The maximum atomic E-state index is 5.72. The van der Waals surface area contributed by atoms with Crippen LogP contribution in [0.5, 0.6) is 5.75 Å². The predicted molar refractivity (Wildman–Crippen MR) is 114 cm³/mol. The van der Waals surface area contributed by atoms with E-state index in [1.165, 1.54) is 0 Å². The highest BCUT2D eigenvalue weighted by Gasteiger charge is 2.21. The zero-order valence-electron chi connectivity index (χ0n) is 15.2. The molecular weight excluding hydrogens is 429 g/mol. The number of aliphatic imine (C=N–C) groups is 1. The lowest BCUT2D eigenvalue weighted by atomic mass is 10.1. The molecule has 2 rings (SSSR count). The van der Waals surface area contributed by atoms with E-state index in [1.54, 1.807) is 6.08 Å². The van der Waals surface area contributed by atoms with E-state index < -0.39 is 0 Å². The van der Waals surface area contributed by atoms with Crippen molar-refractivity contribution < 1.29 is 9.47 Å². The smallest absolute Gasteiger partial charge is 0.193 e. The van der Waals surface area contributed by atoms with Gasteiger partial charge >= 0.3 is 0 Å². The van der Waals surface area contributed by atoms with Crippen LogP contribution in [-0.4, -0.2) is 50.3 Å². The summed E-state index contributed by atoms with van der Waals surface area (Å²) in [7, 11) is 1.83. The second kappa shape index (κ2) is 12.1. The lowest BCUT2D eigenvalue weighted by molar-refractivity contribution is 0.0263. The van der Waals surface area contributed by atoms with Crippen LogP contribution in [-0.2, 0) is 11.3 Å². The van der Waals surface area contributed by atoms with Gasteiger partial charge in [-0.3, -0.25) is 4.99 Å². The molecule has 1 heterocycles. The largest absolute Gasteiger partial charge is 0.489 e. The van der Waals surface area contributed by atoms with Crippen molar-refractivity contribution >= 4 is 29.9 Å². The number of nitrogens with one attached hydrogen (secondary N) is 1. The molecule has 0 atom stereocenters. The van der Waals surface area contributed by atoms with Gasteiger partial charge in [-0.15, -0.1) is 24.0 Å². The molecule has 1 aromatic rings. The van der Waals surface area contributed by atoms with Gasteiger partial charge < -0.3 is 19.7 Å². The van der Waals surface area contributed by atoms with Gasteiger partial charge in [0.1, 0.15) is 12.4 Å². The number of rotatable bonds is 7. The van der Waals surface area contributed by atoms with Gasteiger partial charge in [0, 0.05) is 38.9 Å². The third-order valence-electron chi connectivity index (χ3n) is 4.12.